The van der Waals surface area contributed by atoms with Gasteiger partial charge in [0.25, 0.3) is 0 Å². The molecule has 4 heteroatoms. The summed E-state index contributed by atoms with van der Waals surface area (Å²) in [5, 5.41) is 12.2. The molecule has 16 heavy (non-hydrogen) atoms. The fraction of sp³-hybridized carbons (Fsp3) is 0.417. The predicted octanol–water partition coefficient (Wildman–Crippen LogP) is 2.21. The van der Waals surface area contributed by atoms with Crippen LogP contribution < -0.4 is 5.32 Å². The van der Waals surface area contributed by atoms with Gasteiger partial charge in [-0.25, -0.2) is 0 Å². The molecule has 2 rings (SSSR count). The average Bonchev–Trinajstić information content (AvgIpc) is 2.17. The van der Waals surface area contributed by atoms with Crippen LogP contribution in [0.15, 0.2) is 30.3 Å². The van der Waals surface area contributed by atoms with Gasteiger partial charge in [0.15, 0.2) is 0 Å². The number of halogens is 1. The summed E-state index contributed by atoms with van der Waals surface area (Å²) < 4.78 is 0. The van der Waals surface area contributed by atoms with Gasteiger partial charge in [-0.1, -0.05) is 30.3 Å². The zero-order chi connectivity index (χ0) is 10.7. The molecule has 0 spiro atoms. The highest BCUT2D eigenvalue weighted by Gasteiger charge is 2.43. The maximum Gasteiger partial charge on any atom is 0.323 e. The summed E-state index contributed by atoms with van der Waals surface area (Å²) in [7, 11) is 0. The molecule has 0 heterocycles. The Morgan fingerprint density at radius 3 is 2.38 bits per heavy atom. The van der Waals surface area contributed by atoms with Gasteiger partial charge in [-0.3, -0.25) is 10.1 Å². The number of nitrogens with one attached hydrogen (secondary N) is 1. The van der Waals surface area contributed by atoms with E-state index < -0.39 is 11.5 Å². The molecular weight excluding hydrogens is 226 g/mol. The van der Waals surface area contributed by atoms with Crippen LogP contribution in [0.2, 0.25) is 0 Å². The summed E-state index contributed by atoms with van der Waals surface area (Å²) >= 11 is 0. The molecule has 0 unspecified atom stereocenters. The van der Waals surface area contributed by atoms with E-state index >= 15 is 0 Å². The minimum atomic E-state index is -0.718. The lowest BCUT2D eigenvalue weighted by atomic mass is 9.76. The molecule has 1 fully saturated rings. The van der Waals surface area contributed by atoms with Gasteiger partial charge in [0.2, 0.25) is 0 Å². The summed E-state index contributed by atoms with van der Waals surface area (Å²) in [6.45, 7) is 0.632. The number of benzene rings is 1. The Labute approximate surface area is 101 Å². The van der Waals surface area contributed by atoms with Gasteiger partial charge in [-0.05, 0) is 24.8 Å². The smallest absolute Gasteiger partial charge is 0.323 e. The topological polar surface area (TPSA) is 49.3 Å². The lowest BCUT2D eigenvalue weighted by Gasteiger charge is -2.38. The number of aliphatic carboxylic acids is 1. The van der Waals surface area contributed by atoms with Crippen LogP contribution in [0.5, 0.6) is 0 Å². The fourth-order valence-electron chi connectivity index (χ4n) is 1.86. The van der Waals surface area contributed by atoms with E-state index in [1.165, 1.54) is 0 Å². The van der Waals surface area contributed by atoms with Crippen molar-refractivity contribution in [3.63, 3.8) is 0 Å². The van der Waals surface area contributed by atoms with Crippen LogP contribution in [0.3, 0.4) is 0 Å². The quantitative estimate of drug-likeness (QED) is 0.850. The number of carboxylic acids is 1. The van der Waals surface area contributed by atoms with Crippen LogP contribution in [0.1, 0.15) is 24.8 Å². The monoisotopic (exact) mass is 241 g/mol. The molecule has 1 aliphatic rings. The van der Waals surface area contributed by atoms with E-state index in [0.717, 1.165) is 24.8 Å². The Balaban J connectivity index is 0.00000128. The molecule has 0 saturated heterocycles. The first-order valence-corrected chi connectivity index (χ1v) is 5.25. The molecule has 0 aromatic heterocycles. The van der Waals surface area contributed by atoms with Gasteiger partial charge < -0.3 is 5.11 Å². The van der Waals surface area contributed by atoms with Gasteiger partial charge in [-0.15, -0.1) is 12.4 Å². The Bertz CT molecular complexity index is 349. The molecule has 0 amide bonds. The van der Waals surface area contributed by atoms with Gasteiger partial charge in [0.1, 0.15) is 5.54 Å². The van der Waals surface area contributed by atoms with E-state index in [9.17, 15) is 4.79 Å². The summed E-state index contributed by atoms with van der Waals surface area (Å²) in [6.07, 6.45) is 2.50. The molecule has 1 aliphatic carbocycles. The lowest BCUT2D eigenvalue weighted by molar-refractivity contribution is -0.148. The van der Waals surface area contributed by atoms with Crippen LogP contribution in [0.4, 0.5) is 0 Å². The van der Waals surface area contributed by atoms with Crippen LogP contribution >= 0.6 is 12.4 Å². The number of hydrogen-bond acceptors (Lipinski definition) is 2. The molecule has 88 valence electrons. The van der Waals surface area contributed by atoms with Crippen molar-refractivity contribution in [3.8, 4) is 0 Å². The molecule has 1 saturated carbocycles. The van der Waals surface area contributed by atoms with Crippen molar-refractivity contribution in [2.45, 2.75) is 31.3 Å². The minimum Gasteiger partial charge on any atom is -0.480 e. The summed E-state index contributed by atoms with van der Waals surface area (Å²) in [4.78, 5) is 11.1. The zero-order valence-electron chi connectivity index (χ0n) is 8.98. The van der Waals surface area contributed by atoms with Crippen LogP contribution in [0, 0.1) is 0 Å². The normalized spacial score (nSPS) is 17.0. The second-order valence-electron chi connectivity index (χ2n) is 4.08. The molecular formula is C12H16ClNO2. The second-order valence-corrected chi connectivity index (χ2v) is 4.08. The molecule has 0 bridgehead atoms. The zero-order valence-corrected chi connectivity index (χ0v) is 9.80. The molecule has 0 radical (unpaired) electrons. The summed E-state index contributed by atoms with van der Waals surface area (Å²) in [5.74, 6) is -0.718. The van der Waals surface area contributed by atoms with Crippen LogP contribution in [-0.2, 0) is 11.3 Å². The highest BCUT2D eigenvalue weighted by molar-refractivity contribution is 5.85. The SMILES string of the molecule is Cl.O=C(O)C1(NCc2ccccc2)CCC1. The maximum absolute atomic E-state index is 11.1. The molecule has 1 aromatic carbocycles. The van der Waals surface area contributed by atoms with Crippen molar-refractivity contribution in [1.29, 1.82) is 0 Å². The number of hydrogen-bond donors (Lipinski definition) is 2. The van der Waals surface area contributed by atoms with Gasteiger partial charge in [0, 0.05) is 6.54 Å². The molecule has 0 aliphatic heterocycles. The first kappa shape index (κ1) is 13.0. The van der Waals surface area contributed by atoms with E-state index in [2.05, 4.69) is 5.32 Å². The number of carboxylic acid groups (broad SMARTS) is 1. The third-order valence-corrected chi connectivity index (χ3v) is 3.09. The third-order valence-electron chi connectivity index (χ3n) is 3.09. The fourth-order valence-corrected chi connectivity index (χ4v) is 1.86. The Kier molecular flexibility index (Phi) is 4.33. The largest absolute Gasteiger partial charge is 0.480 e. The predicted molar refractivity (Wildman–Crippen MR) is 64.7 cm³/mol. The summed E-state index contributed by atoms with van der Waals surface area (Å²) in [5.41, 5.74) is 0.473. The van der Waals surface area contributed by atoms with Gasteiger partial charge >= 0.3 is 5.97 Å². The molecule has 2 N–H and O–H groups in total. The van der Waals surface area contributed by atoms with Crippen LogP contribution in [0.25, 0.3) is 0 Å². The van der Waals surface area contributed by atoms with Crippen LogP contribution in [-0.4, -0.2) is 16.6 Å². The van der Waals surface area contributed by atoms with E-state index in [1.54, 1.807) is 0 Å². The average molecular weight is 242 g/mol. The second kappa shape index (κ2) is 5.32. The highest BCUT2D eigenvalue weighted by atomic mass is 35.5. The highest BCUT2D eigenvalue weighted by Crippen LogP contribution is 2.32. The Morgan fingerprint density at radius 1 is 1.31 bits per heavy atom. The first-order valence-electron chi connectivity index (χ1n) is 5.25. The van der Waals surface area contributed by atoms with E-state index in [-0.39, 0.29) is 12.4 Å². The van der Waals surface area contributed by atoms with Crippen molar-refractivity contribution in [2.75, 3.05) is 0 Å². The lowest BCUT2D eigenvalue weighted by Crippen LogP contribution is -2.56. The number of carbonyl (C=O) groups is 1. The van der Waals surface area contributed by atoms with Gasteiger partial charge in [-0.2, -0.15) is 0 Å². The number of rotatable bonds is 4. The van der Waals surface area contributed by atoms with Crippen molar-refractivity contribution < 1.29 is 9.90 Å². The van der Waals surface area contributed by atoms with Crippen molar-refractivity contribution >= 4 is 18.4 Å². The maximum atomic E-state index is 11.1. The van der Waals surface area contributed by atoms with Crippen molar-refractivity contribution in [3.05, 3.63) is 35.9 Å². The molecule has 1 aromatic rings. The minimum absolute atomic E-state index is 0. The Hall–Kier alpha value is -1.06. The first-order chi connectivity index (χ1) is 7.23. The Morgan fingerprint density at radius 2 is 1.94 bits per heavy atom. The molecule has 3 nitrogen and oxygen atoms in total. The van der Waals surface area contributed by atoms with Gasteiger partial charge in [0.05, 0.1) is 0 Å². The van der Waals surface area contributed by atoms with Crippen molar-refractivity contribution in [2.24, 2.45) is 0 Å². The standard InChI is InChI=1S/C12H15NO2.ClH/c14-11(15)12(7-4-8-12)13-9-10-5-2-1-3-6-10;/h1-3,5-6,13H,4,7-9H2,(H,14,15);1H. The third kappa shape index (κ3) is 2.54. The van der Waals surface area contributed by atoms with E-state index in [0.29, 0.717) is 6.54 Å². The van der Waals surface area contributed by atoms with Crippen molar-refractivity contribution in [1.82, 2.24) is 5.32 Å². The van der Waals surface area contributed by atoms with E-state index in [4.69, 9.17) is 5.11 Å². The summed E-state index contributed by atoms with van der Waals surface area (Å²) in [6, 6.07) is 9.89. The molecule has 0 atom stereocenters. The van der Waals surface area contributed by atoms with E-state index in [1.807, 2.05) is 30.3 Å².